The first kappa shape index (κ1) is 17.4. The third-order valence-electron chi connectivity index (χ3n) is 2.98. The van der Waals surface area contributed by atoms with Crippen LogP contribution in [0.5, 0.6) is 0 Å². The van der Waals surface area contributed by atoms with Crippen LogP contribution < -0.4 is 10.6 Å². The predicted octanol–water partition coefficient (Wildman–Crippen LogP) is 2.76. The normalized spacial score (nSPS) is 11.3. The van der Waals surface area contributed by atoms with Crippen LogP contribution >= 0.6 is 0 Å². The Kier molecular flexibility index (Phi) is 6.62. The summed E-state index contributed by atoms with van der Waals surface area (Å²) in [5.41, 5.74) is 1.08. The van der Waals surface area contributed by atoms with Crippen LogP contribution in [0.15, 0.2) is 12.1 Å². The standard InChI is InChI=1S/C16H27N3O2/c1-6-8-17-14-10-13(9-12(3)19-14)15(20)18-11-16(4,5)21-7-2/h9-10H,6-8,11H2,1-5H3,(H,17,19)(H,18,20). The van der Waals surface area contributed by atoms with E-state index in [1.165, 1.54) is 0 Å². The van der Waals surface area contributed by atoms with Gasteiger partial charge < -0.3 is 15.4 Å². The lowest BCUT2D eigenvalue weighted by Crippen LogP contribution is -2.40. The number of carbonyl (C=O) groups is 1. The third-order valence-corrected chi connectivity index (χ3v) is 2.98. The van der Waals surface area contributed by atoms with E-state index < -0.39 is 0 Å². The summed E-state index contributed by atoms with van der Waals surface area (Å²) in [5.74, 6) is 0.638. The van der Waals surface area contributed by atoms with Crippen molar-refractivity contribution < 1.29 is 9.53 Å². The van der Waals surface area contributed by atoms with Crippen LogP contribution in [0.1, 0.15) is 50.2 Å². The Morgan fingerprint density at radius 1 is 1.33 bits per heavy atom. The molecule has 0 unspecified atom stereocenters. The second kappa shape index (κ2) is 7.98. The van der Waals surface area contributed by atoms with E-state index in [0.29, 0.717) is 18.7 Å². The van der Waals surface area contributed by atoms with Crippen molar-refractivity contribution in [3.8, 4) is 0 Å². The fourth-order valence-corrected chi connectivity index (χ4v) is 1.98. The Bertz CT molecular complexity index is 473. The molecule has 0 bridgehead atoms. The summed E-state index contributed by atoms with van der Waals surface area (Å²) in [5, 5.41) is 6.12. The Morgan fingerprint density at radius 3 is 2.67 bits per heavy atom. The third kappa shape index (κ3) is 6.12. The molecule has 5 nitrogen and oxygen atoms in total. The lowest BCUT2D eigenvalue weighted by atomic mass is 10.1. The summed E-state index contributed by atoms with van der Waals surface area (Å²) in [4.78, 5) is 16.6. The highest BCUT2D eigenvalue weighted by atomic mass is 16.5. The van der Waals surface area contributed by atoms with Gasteiger partial charge in [-0.25, -0.2) is 4.98 Å². The minimum Gasteiger partial charge on any atom is -0.374 e. The molecule has 0 fully saturated rings. The number of pyridine rings is 1. The highest BCUT2D eigenvalue weighted by molar-refractivity contribution is 5.95. The molecule has 0 spiro atoms. The fourth-order valence-electron chi connectivity index (χ4n) is 1.98. The smallest absolute Gasteiger partial charge is 0.251 e. The molecule has 118 valence electrons. The maximum absolute atomic E-state index is 12.3. The number of nitrogens with one attached hydrogen (secondary N) is 2. The number of nitrogens with zero attached hydrogens (tertiary/aromatic N) is 1. The van der Waals surface area contributed by atoms with Crippen molar-refractivity contribution in [2.75, 3.05) is 25.0 Å². The van der Waals surface area contributed by atoms with Crippen LogP contribution in [0.2, 0.25) is 0 Å². The molecule has 1 aromatic heterocycles. The summed E-state index contributed by atoms with van der Waals surface area (Å²) in [7, 11) is 0. The fraction of sp³-hybridized carbons (Fsp3) is 0.625. The molecule has 0 radical (unpaired) electrons. The second-order valence-electron chi connectivity index (χ2n) is 5.68. The molecule has 0 atom stereocenters. The first-order valence-corrected chi connectivity index (χ1v) is 7.52. The van der Waals surface area contributed by atoms with Crippen LogP contribution in [0.3, 0.4) is 0 Å². The van der Waals surface area contributed by atoms with Crippen molar-refractivity contribution in [3.63, 3.8) is 0 Å². The van der Waals surface area contributed by atoms with Crippen LogP contribution in [0.25, 0.3) is 0 Å². The minimum absolute atomic E-state index is 0.104. The van der Waals surface area contributed by atoms with E-state index in [1.54, 1.807) is 12.1 Å². The molecule has 1 heterocycles. The molecule has 0 aliphatic rings. The van der Waals surface area contributed by atoms with Gasteiger partial charge in [-0.15, -0.1) is 0 Å². The highest BCUT2D eigenvalue weighted by Crippen LogP contribution is 2.12. The van der Waals surface area contributed by atoms with E-state index >= 15 is 0 Å². The molecule has 0 aliphatic carbocycles. The molecular weight excluding hydrogens is 266 g/mol. The van der Waals surface area contributed by atoms with Gasteiger partial charge in [-0.3, -0.25) is 4.79 Å². The Hall–Kier alpha value is -1.62. The Balaban J connectivity index is 2.71. The lowest BCUT2D eigenvalue weighted by molar-refractivity contribution is -0.00815. The molecule has 1 aromatic rings. The summed E-state index contributed by atoms with van der Waals surface area (Å²) in [6, 6.07) is 3.58. The first-order valence-electron chi connectivity index (χ1n) is 7.52. The van der Waals surface area contributed by atoms with Crippen molar-refractivity contribution in [2.45, 2.75) is 46.6 Å². The SMILES string of the molecule is CCCNc1cc(C(=O)NCC(C)(C)OCC)cc(C)n1. The van der Waals surface area contributed by atoms with Gasteiger partial charge in [0.05, 0.1) is 5.60 Å². The van der Waals surface area contributed by atoms with Gasteiger partial charge in [-0.2, -0.15) is 0 Å². The number of anilines is 1. The number of amides is 1. The Labute approximate surface area is 127 Å². The monoisotopic (exact) mass is 293 g/mol. The Morgan fingerprint density at radius 2 is 2.05 bits per heavy atom. The van der Waals surface area contributed by atoms with Gasteiger partial charge in [-0.1, -0.05) is 6.92 Å². The van der Waals surface area contributed by atoms with Crippen LogP contribution in [-0.4, -0.2) is 36.2 Å². The number of hydrogen-bond acceptors (Lipinski definition) is 4. The summed E-state index contributed by atoms with van der Waals surface area (Å²) in [6.07, 6.45) is 1.01. The van der Waals surface area contributed by atoms with Gasteiger partial charge >= 0.3 is 0 Å². The number of aromatic nitrogens is 1. The van der Waals surface area contributed by atoms with Crippen molar-refractivity contribution >= 4 is 11.7 Å². The molecule has 0 aliphatic heterocycles. The van der Waals surface area contributed by atoms with E-state index in [9.17, 15) is 4.79 Å². The molecule has 2 N–H and O–H groups in total. The van der Waals surface area contributed by atoms with E-state index in [1.807, 2.05) is 27.7 Å². The average Bonchev–Trinajstić information content (AvgIpc) is 2.42. The molecule has 0 saturated heterocycles. The molecule has 0 saturated carbocycles. The minimum atomic E-state index is -0.365. The molecule has 5 heteroatoms. The van der Waals surface area contributed by atoms with Crippen LogP contribution in [0, 0.1) is 6.92 Å². The number of hydrogen-bond donors (Lipinski definition) is 2. The molecule has 1 amide bonds. The number of aryl methyl sites for hydroxylation is 1. The van der Waals surface area contributed by atoms with Crippen molar-refractivity contribution in [1.82, 2.24) is 10.3 Å². The quantitative estimate of drug-likeness (QED) is 0.773. The van der Waals surface area contributed by atoms with E-state index in [-0.39, 0.29) is 11.5 Å². The van der Waals surface area contributed by atoms with Crippen LogP contribution in [0.4, 0.5) is 5.82 Å². The zero-order chi connectivity index (χ0) is 15.9. The van der Waals surface area contributed by atoms with Crippen LogP contribution in [-0.2, 0) is 4.74 Å². The number of ether oxygens (including phenoxy) is 1. The summed E-state index contributed by atoms with van der Waals surface area (Å²) < 4.78 is 5.58. The second-order valence-corrected chi connectivity index (χ2v) is 5.68. The molecular formula is C16H27N3O2. The topological polar surface area (TPSA) is 63.2 Å². The number of carbonyl (C=O) groups excluding carboxylic acids is 1. The van der Waals surface area contributed by atoms with Gasteiger partial charge in [0.15, 0.2) is 0 Å². The highest BCUT2D eigenvalue weighted by Gasteiger charge is 2.19. The molecule has 1 rings (SSSR count). The van der Waals surface area contributed by atoms with E-state index in [4.69, 9.17) is 4.74 Å². The van der Waals surface area contributed by atoms with Gasteiger partial charge in [-0.05, 0) is 46.2 Å². The van der Waals surface area contributed by atoms with Crippen molar-refractivity contribution in [3.05, 3.63) is 23.4 Å². The zero-order valence-electron chi connectivity index (χ0n) is 13.7. The van der Waals surface area contributed by atoms with E-state index in [2.05, 4.69) is 22.5 Å². The predicted molar refractivity (Wildman–Crippen MR) is 85.8 cm³/mol. The maximum atomic E-state index is 12.3. The van der Waals surface area contributed by atoms with Gasteiger partial charge in [0.25, 0.3) is 5.91 Å². The zero-order valence-corrected chi connectivity index (χ0v) is 13.7. The van der Waals surface area contributed by atoms with Gasteiger partial charge in [0.1, 0.15) is 5.82 Å². The summed E-state index contributed by atoms with van der Waals surface area (Å²) >= 11 is 0. The van der Waals surface area contributed by atoms with Crippen molar-refractivity contribution in [1.29, 1.82) is 0 Å². The molecule has 21 heavy (non-hydrogen) atoms. The lowest BCUT2D eigenvalue weighted by Gasteiger charge is -2.24. The first-order chi connectivity index (χ1) is 9.88. The van der Waals surface area contributed by atoms with E-state index in [0.717, 1.165) is 24.5 Å². The van der Waals surface area contributed by atoms with Crippen molar-refractivity contribution in [2.24, 2.45) is 0 Å². The molecule has 0 aromatic carbocycles. The maximum Gasteiger partial charge on any atom is 0.251 e. The largest absolute Gasteiger partial charge is 0.374 e. The average molecular weight is 293 g/mol. The number of rotatable bonds is 8. The van der Waals surface area contributed by atoms with Gasteiger partial charge in [0, 0.05) is 31.0 Å². The summed E-state index contributed by atoms with van der Waals surface area (Å²) in [6.45, 7) is 11.8. The van der Waals surface area contributed by atoms with Gasteiger partial charge in [0.2, 0.25) is 0 Å².